The van der Waals surface area contributed by atoms with E-state index >= 15 is 0 Å². The Labute approximate surface area is 147 Å². The average molecular weight is 364 g/mol. The number of amides is 1. The summed E-state index contributed by atoms with van der Waals surface area (Å²) in [5, 5.41) is 0. The van der Waals surface area contributed by atoms with Gasteiger partial charge in [-0.2, -0.15) is 0 Å². The van der Waals surface area contributed by atoms with Gasteiger partial charge in [0, 0.05) is 13.6 Å². The molecule has 0 saturated carbocycles. The molecule has 0 aromatic heterocycles. The first-order valence-electron chi connectivity index (χ1n) is 7.82. The predicted octanol–water partition coefficient (Wildman–Crippen LogP) is 2.86. The Morgan fingerprint density at radius 1 is 1.16 bits per heavy atom. The van der Waals surface area contributed by atoms with Crippen LogP contribution in [0, 0.1) is 11.7 Å². The summed E-state index contributed by atoms with van der Waals surface area (Å²) in [5.74, 6) is -1.90. The fourth-order valence-electron chi connectivity index (χ4n) is 2.49. The van der Waals surface area contributed by atoms with Gasteiger partial charge in [0.1, 0.15) is 5.82 Å². The van der Waals surface area contributed by atoms with Gasteiger partial charge in [0.2, 0.25) is 15.9 Å². The van der Waals surface area contributed by atoms with E-state index in [0.29, 0.717) is 6.54 Å². The molecule has 0 heterocycles. The van der Waals surface area contributed by atoms with Crippen LogP contribution in [0.4, 0.5) is 10.1 Å². The van der Waals surface area contributed by atoms with Crippen LogP contribution in [0.5, 0.6) is 0 Å². The minimum absolute atomic E-state index is 0.136. The lowest BCUT2D eigenvalue weighted by molar-refractivity contribution is -0.133. The zero-order chi connectivity index (χ0) is 18.4. The van der Waals surface area contributed by atoms with Crippen molar-refractivity contribution >= 4 is 21.6 Å². The maximum atomic E-state index is 13.2. The highest BCUT2D eigenvalue weighted by molar-refractivity contribution is 7.92. The van der Waals surface area contributed by atoms with Gasteiger partial charge >= 0.3 is 0 Å². The predicted molar refractivity (Wildman–Crippen MR) is 95.9 cm³/mol. The monoisotopic (exact) mass is 364 g/mol. The summed E-state index contributed by atoms with van der Waals surface area (Å²) in [6, 6.07) is 14.6. The molecule has 5 nitrogen and oxygen atoms in total. The van der Waals surface area contributed by atoms with Crippen molar-refractivity contribution < 1.29 is 17.6 Å². The van der Waals surface area contributed by atoms with Crippen LogP contribution < -0.4 is 4.72 Å². The molecule has 0 spiro atoms. The second kappa shape index (κ2) is 8.11. The van der Waals surface area contributed by atoms with Gasteiger partial charge in [0.15, 0.2) is 0 Å². The SMILES string of the molecule is CC(CS(=O)(=O)Nc1cccc(F)c1)C(=O)N(C)Cc1ccccc1. The molecule has 0 fully saturated rings. The summed E-state index contributed by atoms with van der Waals surface area (Å²) in [6.07, 6.45) is 0. The summed E-state index contributed by atoms with van der Waals surface area (Å²) < 4.78 is 39.9. The molecule has 0 bridgehead atoms. The Morgan fingerprint density at radius 3 is 2.48 bits per heavy atom. The average Bonchev–Trinajstić information content (AvgIpc) is 2.54. The van der Waals surface area contributed by atoms with Crippen LogP contribution in [-0.2, 0) is 21.4 Å². The number of benzene rings is 2. The van der Waals surface area contributed by atoms with Gasteiger partial charge in [-0.25, -0.2) is 12.8 Å². The number of nitrogens with one attached hydrogen (secondary N) is 1. The number of anilines is 1. The molecular weight excluding hydrogens is 343 g/mol. The highest BCUT2D eigenvalue weighted by Crippen LogP contribution is 2.14. The van der Waals surface area contributed by atoms with Crippen LogP contribution in [0.3, 0.4) is 0 Å². The van der Waals surface area contributed by atoms with Crippen molar-refractivity contribution in [2.24, 2.45) is 5.92 Å². The molecule has 1 atom stereocenters. The topological polar surface area (TPSA) is 66.5 Å². The van der Waals surface area contributed by atoms with E-state index in [0.717, 1.165) is 11.6 Å². The quantitative estimate of drug-likeness (QED) is 0.821. The number of hydrogen-bond acceptors (Lipinski definition) is 3. The maximum Gasteiger partial charge on any atom is 0.233 e. The molecule has 1 unspecified atom stereocenters. The molecule has 7 heteroatoms. The van der Waals surface area contributed by atoms with E-state index in [4.69, 9.17) is 0 Å². The molecular formula is C18H21FN2O3S. The third-order valence-corrected chi connectivity index (χ3v) is 5.11. The smallest absolute Gasteiger partial charge is 0.233 e. The highest BCUT2D eigenvalue weighted by atomic mass is 32.2. The third-order valence-electron chi connectivity index (χ3n) is 3.63. The molecule has 134 valence electrons. The van der Waals surface area contributed by atoms with Gasteiger partial charge in [0.05, 0.1) is 17.4 Å². The third kappa shape index (κ3) is 5.86. The van der Waals surface area contributed by atoms with Gasteiger partial charge in [-0.3, -0.25) is 9.52 Å². The lowest BCUT2D eigenvalue weighted by atomic mass is 10.1. The Kier molecular flexibility index (Phi) is 6.14. The van der Waals surface area contributed by atoms with Crippen molar-refractivity contribution in [2.75, 3.05) is 17.5 Å². The van der Waals surface area contributed by atoms with Crippen LogP contribution in [0.2, 0.25) is 0 Å². The van der Waals surface area contributed by atoms with E-state index in [9.17, 15) is 17.6 Å². The Morgan fingerprint density at radius 2 is 1.84 bits per heavy atom. The molecule has 2 rings (SSSR count). The van der Waals surface area contributed by atoms with Gasteiger partial charge in [0.25, 0.3) is 0 Å². The number of halogens is 1. The molecule has 0 saturated heterocycles. The number of hydrogen-bond donors (Lipinski definition) is 1. The first-order chi connectivity index (χ1) is 11.8. The van der Waals surface area contributed by atoms with Crippen LogP contribution in [0.15, 0.2) is 54.6 Å². The normalized spacial score (nSPS) is 12.4. The summed E-state index contributed by atoms with van der Waals surface area (Å²) in [4.78, 5) is 13.9. The second-order valence-corrected chi connectivity index (χ2v) is 7.74. The van der Waals surface area contributed by atoms with Crippen LogP contribution in [0.1, 0.15) is 12.5 Å². The standard InChI is InChI=1S/C18H21FN2O3S/c1-14(18(22)21(2)12-15-7-4-3-5-8-15)13-25(23,24)20-17-10-6-9-16(19)11-17/h3-11,14,20H,12-13H2,1-2H3. The van der Waals surface area contributed by atoms with E-state index in [-0.39, 0.29) is 17.3 Å². The molecule has 1 amide bonds. The van der Waals surface area contributed by atoms with Crippen molar-refractivity contribution in [1.82, 2.24) is 4.90 Å². The molecule has 2 aromatic rings. The molecule has 1 N–H and O–H groups in total. The van der Waals surface area contributed by atoms with E-state index in [1.165, 1.54) is 23.1 Å². The molecule has 25 heavy (non-hydrogen) atoms. The van der Waals surface area contributed by atoms with Gasteiger partial charge in [-0.1, -0.05) is 43.3 Å². The lowest BCUT2D eigenvalue weighted by Gasteiger charge is -2.21. The highest BCUT2D eigenvalue weighted by Gasteiger charge is 2.24. The number of sulfonamides is 1. The van der Waals surface area contributed by atoms with Crippen LogP contribution in [-0.4, -0.2) is 32.0 Å². The fraction of sp³-hybridized carbons (Fsp3) is 0.278. The van der Waals surface area contributed by atoms with Crippen molar-refractivity contribution in [3.05, 3.63) is 66.0 Å². The summed E-state index contributed by atoms with van der Waals surface area (Å²) in [6.45, 7) is 1.97. The van der Waals surface area contributed by atoms with Crippen molar-refractivity contribution in [2.45, 2.75) is 13.5 Å². The van der Waals surface area contributed by atoms with Crippen molar-refractivity contribution in [3.63, 3.8) is 0 Å². The lowest BCUT2D eigenvalue weighted by Crippen LogP contribution is -2.35. The first kappa shape index (κ1) is 18.9. The summed E-state index contributed by atoms with van der Waals surface area (Å²) in [7, 11) is -2.13. The molecule has 0 aliphatic heterocycles. The maximum absolute atomic E-state index is 13.2. The minimum Gasteiger partial charge on any atom is -0.341 e. The molecule has 0 aliphatic carbocycles. The van der Waals surface area contributed by atoms with Gasteiger partial charge < -0.3 is 4.90 Å². The Balaban J connectivity index is 1.97. The van der Waals surface area contributed by atoms with Crippen LogP contribution in [0.25, 0.3) is 0 Å². The first-order valence-corrected chi connectivity index (χ1v) is 9.47. The minimum atomic E-state index is -3.77. The number of carbonyl (C=O) groups excluding carboxylic acids is 1. The molecule has 0 radical (unpaired) electrons. The molecule has 2 aromatic carbocycles. The number of carbonyl (C=O) groups is 1. The Hall–Kier alpha value is -2.41. The summed E-state index contributed by atoms with van der Waals surface area (Å²) in [5.41, 5.74) is 1.10. The van der Waals surface area contributed by atoms with E-state index in [2.05, 4.69) is 4.72 Å². The van der Waals surface area contributed by atoms with E-state index in [1.54, 1.807) is 14.0 Å². The van der Waals surface area contributed by atoms with Crippen molar-refractivity contribution in [1.29, 1.82) is 0 Å². The number of nitrogens with zero attached hydrogens (tertiary/aromatic N) is 1. The summed E-state index contributed by atoms with van der Waals surface area (Å²) >= 11 is 0. The second-order valence-electron chi connectivity index (χ2n) is 5.97. The van der Waals surface area contributed by atoms with Crippen molar-refractivity contribution in [3.8, 4) is 0 Å². The molecule has 0 aliphatic rings. The zero-order valence-electron chi connectivity index (χ0n) is 14.1. The zero-order valence-corrected chi connectivity index (χ0v) is 15.0. The Bertz CT molecular complexity index is 825. The van der Waals surface area contributed by atoms with E-state index in [1.807, 2.05) is 30.3 Å². The van der Waals surface area contributed by atoms with Gasteiger partial charge in [-0.05, 0) is 23.8 Å². The fourth-order valence-corrected chi connectivity index (χ4v) is 3.86. The number of rotatable bonds is 7. The largest absolute Gasteiger partial charge is 0.341 e. The van der Waals surface area contributed by atoms with Crippen LogP contribution >= 0.6 is 0 Å². The van der Waals surface area contributed by atoms with E-state index < -0.39 is 21.8 Å². The van der Waals surface area contributed by atoms with Gasteiger partial charge in [-0.15, -0.1) is 0 Å².